The fourth-order valence-electron chi connectivity index (χ4n) is 2.11. The summed E-state index contributed by atoms with van der Waals surface area (Å²) in [5.41, 5.74) is 7.28. The molecule has 1 saturated carbocycles. The third-order valence-corrected chi connectivity index (χ3v) is 2.91. The van der Waals surface area contributed by atoms with Gasteiger partial charge in [0.25, 0.3) is 0 Å². The van der Waals surface area contributed by atoms with Crippen LogP contribution in [0.15, 0.2) is 23.8 Å². The molecule has 1 unspecified atom stereocenters. The minimum Gasteiger partial charge on any atom is -0.327 e. The van der Waals surface area contributed by atoms with Gasteiger partial charge in [-0.25, -0.2) is 8.78 Å². The Labute approximate surface area is 94.0 Å². The van der Waals surface area contributed by atoms with Gasteiger partial charge in [0, 0.05) is 11.6 Å². The van der Waals surface area contributed by atoms with Gasteiger partial charge in [0.05, 0.1) is 0 Å². The monoisotopic (exact) mass is 223 g/mol. The Morgan fingerprint density at radius 3 is 2.88 bits per heavy atom. The van der Waals surface area contributed by atoms with Crippen molar-refractivity contribution in [3.63, 3.8) is 0 Å². The molecular formula is C13H15F2N. The zero-order valence-electron chi connectivity index (χ0n) is 9.05. The van der Waals surface area contributed by atoms with Crippen molar-refractivity contribution in [2.45, 2.75) is 31.7 Å². The predicted molar refractivity (Wildman–Crippen MR) is 60.8 cm³/mol. The van der Waals surface area contributed by atoms with E-state index in [2.05, 4.69) is 0 Å². The van der Waals surface area contributed by atoms with Crippen LogP contribution in [0.25, 0.3) is 6.08 Å². The van der Waals surface area contributed by atoms with E-state index < -0.39 is 5.82 Å². The van der Waals surface area contributed by atoms with Gasteiger partial charge in [-0.2, -0.15) is 0 Å². The molecule has 0 amide bonds. The third kappa shape index (κ3) is 2.67. The fraction of sp³-hybridized carbons (Fsp3) is 0.385. The molecule has 86 valence electrons. The molecule has 16 heavy (non-hydrogen) atoms. The summed E-state index contributed by atoms with van der Waals surface area (Å²) < 4.78 is 26.3. The van der Waals surface area contributed by atoms with Crippen molar-refractivity contribution in [2.24, 2.45) is 5.73 Å². The first kappa shape index (κ1) is 11.3. The highest BCUT2D eigenvalue weighted by molar-refractivity contribution is 5.54. The van der Waals surface area contributed by atoms with Crippen molar-refractivity contribution in [2.75, 3.05) is 0 Å². The van der Waals surface area contributed by atoms with E-state index in [-0.39, 0.29) is 11.9 Å². The molecule has 2 rings (SSSR count). The highest BCUT2D eigenvalue weighted by Gasteiger charge is 2.13. The lowest BCUT2D eigenvalue weighted by Crippen LogP contribution is -2.23. The van der Waals surface area contributed by atoms with Crippen LogP contribution in [0.1, 0.15) is 31.2 Å². The Morgan fingerprint density at radius 1 is 1.31 bits per heavy atom. The van der Waals surface area contributed by atoms with Gasteiger partial charge in [-0.1, -0.05) is 11.6 Å². The number of nitrogens with two attached hydrogens (primary N) is 1. The summed E-state index contributed by atoms with van der Waals surface area (Å²) >= 11 is 0. The van der Waals surface area contributed by atoms with Gasteiger partial charge in [0.15, 0.2) is 0 Å². The quantitative estimate of drug-likeness (QED) is 0.777. The maximum absolute atomic E-state index is 13.4. The average Bonchev–Trinajstić information content (AvgIpc) is 2.24. The first-order valence-corrected chi connectivity index (χ1v) is 5.55. The summed E-state index contributed by atoms with van der Waals surface area (Å²) in [7, 11) is 0. The standard InChI is InChI=1S/C13H15F2N/c14-11-4-5-13(15)10(8-11)6-9-2-1-3-12(16)7-9/h4-6,8,12H,1-3,7,16H2. The molecule has 1 fully saturated rings. The van der Waals surface area contributed by atoms with E-state index in [9.17, 15) is 8.78 Å². The van der Waals surface area contributed by atoms with Crippen LogP contribution in [-0.4, -0.2) is 6.04 Å². The van der Waals surface area contributed by atoms with Gasteiger partial charge in [-0.3, -0.25) is 0 Å². The highest BCUT2D eigenvalue weighted by Crippen LogP contribution is 2.25. The molecule has 0 radical (unpaired) electrons. The van der Waals surface area contributed by atoms with E-state index in [1.807, 2.05) is 0 Å². The van der Waals surface area contributed by atoms with Gasteiger partial charge >= 0.3 is 0 Å². The summed E-state index contributed by atoms with van der Waals surface area (Å²) in [6, 6.07) is 3.67. The van der Waals surface area contributed by atoms with Crippen molar-refractivity contribution in [1.82, 2.24) is 0 Å². The molecule has 0 saturated heterocycles. The van der Waals surface area contributed by atoms with E-state index in [1.165, 1.54) is 6.07 Å². The molecule has 1 aromatic carbocycles. The van der Waals surface area contributed by atoms with Crippen molar-refractivity contribution < 1.29 is 8.78 Å². The Hall–Kier alpha value is -1.22. The molecule has 0 bridgehead atoms. The number of halogens is 2. The molecule has 2 N–H and O–H groups in total. The van der Waals surface area contributed by atoms with Crippen LogP contribution >= 0.6 is 0 Å². The minimum absolute atomic E-state index is 0.164. The Morgan fingerprint density at radius 2 is 2.12 bits per heavy atom. The summed E-state index contributed by atoms with van der Waals surface area (Å²) in [4.78, 5) is 0. The van der Waals surface area contributed by atoms with Gasteiger partial charge < -0.3 is 5.73 Å². The number of benzene rings is 1. The summed E-state index contributed by atoms with van der Waals surface area (Å²) in [6.45, 7) is 0. The Balaban J connectivity index is 2.24. The normalized spacial score (nSPS) is 23.7. The van der Waals surface area contributed by atoms with E-state index in [1.54, 1.807) is 6.08 Å². The second-order valence-corrected chi connectivity index (χ2v) is 4.32. The molecule has 0 heterocycles. The van der Waals surface area contributed by atoms with Crippen LogP contribution in [0.4, 0.5) is 8.78 Å². The maximum Gasteiger partial charge on any atom is 0.130 e. The van der Waals surface area contributed by atoms with Crippen molar-refractivity contribution in [3.05, 3.63) is 41.0 Å². The molecule has 0 aliphatic heterocycles. The first-order valence-electron chi connectivity index (χ1n) is 5.55. The Kier molecular flexibility index (Phi) is 3.34. The van der Waals surface area contributed by atoms with Crippen LogP contribution in [0.5, 0.6) is 0 Å². The molecule has 1 aliphatic rings. The SMILES string of the molecule is NC1CCCC(=Cc2cc(F)ccc2F)C1. The summed E-state index contributed by atoms with van der Waals surface area (Å²) in [5, 5.41) is 0. The number of hydrogen-bond acceptors (Lipinski definition) is 1. The Bertz CT molecular complexity index is 412. The van der Waals surface area contributed by atoms with Gasteiger partial charge in [0.1, 0.15) is 11.6 Å². The molecular weight excluding hydrogens is 208 g/mol. The zero-order chi connectivity index (χ0) is 11.5. The molecule has 3 heteroatoms. The first-order chi connectivity index (χ1) is 7.65. The lowest BCUT2D eigenvalue weighted by atomic mass is 9.90. The minimum atomic E-state index is -0.409. The largest absolute Gasteiger partial charge is 0.327 e. The smallest absolute Gasteiger partial charge is 0.130 e. The number of hydrogen-bond donors (Lipinski definition) is 1. The maximum atomic E-state index is 13.4. The lowest BCUT2D eigenvalue weighted by molar-refractivity contribution is 0.520. The van der Waals surface area contributed by atoms with Crippen LogP contribution in [0, 0.1) is 11.6 Å². The molecule has 1 aliphatic carbocycles. The van der Waals surface area contributed by atoms with Gasteiger partial charge in [0.2, 0.25) is 0 Å². The zero-order valence-corrected chi connectivity index (χ0v) is 9.05. The lowest BCUT2D eigenvalue weighted by Gasteiger charge is -2.20. The molecule has 0 aromatic heterocycles. The molecule has 1 aromatic rings. The fourth-order valence-corrected chi connectivity index (χ4v) is 2.11. The van der Waals surface area contributed by atoms with E-state index in [0.717, 1.165) is 43.4 Å². The summed E-state index contributed by atoms with van der Waals surface area (Å²) in [6.07, 6.45) is 5.50. The second kappa shape index (κ2) is 4.74. The van der Waals surface area contributed by atoms with Gasteiger partial charge in [-0.05, 0) is 43.9 Å². The van der Waals surface area contributed by atoms with Crippen molar-refractivity contribution in [1.29, 1.82) is 0 Å². The second-order valence-electron chi connectivity index (χ2n) is 4.32. The van der Waals surface area contributed by atoms with Crippen molar-refractivity contribution >= 4 is 6.08 Å². The highest BCUT2D eigenvalue weighted by atomic mass is 19.1. The van der Waals surface area contributed by atoms with Crippen LogP contribution in [0.2, 0.25) is 0 Å². The van der Waals surface area contributed by atoms with Crippen LogP contribution in [0.3, 0.4) is 0 Å². The average molecular weight is 223 g/mol. The predicted octanol–water partition coefficient (Wildman–Crippen LogP) is 3.25. The molecule has 0 spiro atoms. The van der Waals surface area contributed by atoms with Crippen molar-refractivity contribution in [3.8, 4) is 0 Å². The van der Waals surface area contributed by atoms with Gasteiger partial charge in [-0.15, -0.1) is 0 Å². The van der Waals surface area contributed by atoms with Crippen LogP contribution in [-0.2, 0) is 0 Å². The van der Waals surface area contributed by atoms with E-state index in [0.29, 0.717) is 5.56 Å². The topological polar surface area (TPSA) is 26.0 Å². The van der Waals surface area contributed by atoms with Crippen LogP contribution < -0.4 is 5.73 Å². The summed E-state index contributed by atoms with van der Waals surface area (Å²) in [5.74, 6) is -0.790. The van der Waals surface area contributed by atoms with E-state index >= 15 is 0 Å². The molecule has 1 atom stereocenters. The number of rotatable bonds is 1. The van der Waals surface area contributed by atoms with E-state index in [4.69, 9.17) is 5.73 Å². The third-order valence-electron chi connectivity index (χ3n) is 2.91. The molecule has 1 nitrogen and oxygen atoms in total.